The number of hydrogen-bond acceptors (Lipinski definition) is 4. The molecule has 1 aromatic carbocycles. The van der Waals surface area contributed by atoms with Crippen LogP contribution < -0.4 is 4.74 Å². The van der Waals surface area contributed by atoms with Gasteiger partial charge in [-0.05, 0) is 42.5 Å². The minimum atomic E-state index is -0.334. The van der Waals surface area contributed by atoms with Crippen LogP contribution >= 0.6 is 0 Å². The fraction of sp³-hybridized carbons (Fsp3) is 0.625. The van der Waals surface area contributed by atoms with Crippen LogP contribution in [0.25, 0.3) is 0 Å². The van der Waals surface area contributed by atoms with E-state index in [1.54, 1.807) is 7.11 Å². The van der Waals surface area contributed by atoms with Crippen LogP contribution in [-0.4, -0.2) is 38.6 Å². The summed E-state index contributed by atoms with van der Waals surface area (Å²) in [5.74, 6) is 0.835. The van der Waals surface area contributed by atoms with Crippen LogP contribution in [0.4, 0.5) is 0 Å². The minimum Gasteiger partial charge on any atom is -0.493 e. The van der Waals surface area contributed by atoms with Crippen molar-refractivity contribution in [3.8, 4) is 5.75 Å². The highest BCUT2D eigenvalue weighted by Crippen LogP contribution is 2.32. The Morgan fingerprint density at radius 2 is 2.10 bits per heavy atom. The first-order valence-corrected chi connectivity index (χ1v) is 7.31. The fourth-order valence-corrected chi connectivity index (χ4v) is 2.44. The van der Waals surface area contributed by atoms with Gasteiger partial charge in [0.25, 0.3) is 0 Å². The molecule has 0 unspecified atom stereocenters. The molecule has 0 saturated carbocycles. The summed E-state index contributed by atoms with van der Waals surface area (Å²) < 4.78 is 16.0. The summed E-state index contributed by atoms with van der Waals surface area (Å²) in [5.41, 5.74) is 2.28. The van der Waals surface area contributed by atoms with Crippen molar-refractivity contribution in [1.29, 1.82) is 0 Å². The zero-order chi connectivity index (χ0) is 14.2. The Labute approximate surface area is 120 Å². The molecule has 1 atom stereocenters. The Balaban J connectivity index is 1.72. The summed E-state index contributed by atoms with van der Waals surface area (Å²) in [6.07, 6.45) is 3.49. The number of aryl methyl sites for hydroxylation is 1. The third-order valence-corrected chi connectivity index (χ3v) is 3.53. The zero-order valence-corrected chi connectivity index (χ0v) is 12.1. The van der Waals surface area contributed by atoms with Crippen molar-refractivity contribution in [3.63, 3.8) is 0 Å². The maximum Gasteiger partial charge on any atom is 0.119 e. The molecule has 0 spiro atoms. The first-order valence-electron chi connectivity index (χ1n) is 7.31. The van der Waals surface area contributed by atoms with Gasteiger partial charge in [-0.1, -0.05) is 6.07 Å². The Morgan fingerprint density at radius 1 is 1.20 bits per heavy atom. The maximum atomic E-state index is 9.99. The average Bonchev–Trinajstić information content (AvgIpc) is 2.47. The summed E-state index contributed by atoms with van der Waals surface area (Å²) in [4.78, 5) is 0. The van der Waals surface area contributed by atoms with Gasteiger partial charge in [-0.25, -0.2) is 0 Å². The van der Waals surface area contributed by atoms with Gasteiger partial charge in [-0.2, -0.15) is 0 Å². The van der Waals surface area contributed by atoms with Gasteiger partial charge in [0.05, 0.1) is 25.9 Å². The van der Waals surface area contributed by atoms with Gasteiger partial charge in [-0.3, -0.25) is 0 Å². The molecular formula is C16H24O4. The van der Waals surface area contributed by atoms with Crippen molar-refractivity contribution >= 4 is 0 Å². The molecule has 1 aliphatic rings. The van der Waals surface area contributed by atoms with E-state index in [4.69, 9.17) is 14.2 Å². The predicted octanol–water partition coefficient (Wildman–Crippen LogP) is 2.49. The lowest BCUT2D eigenvalue weighted by Gasteiger charge is -2.22. The van der Waals surface area contributed by atoms with E-state index in [9.17, 15) is 5.11 Å². The van der Waals surface area contributed by atoms with Gasteiger partial charge >= 0.3 is 0 Å². The Kier molecular flexibility index (Phi) is 6.30. The lowest BCUT2D eigenvalue weighted by atomic mass is 9.89. The van der Waals surface area contributed by atoms with Crippen molar-refractivity contribution in [2.24, 2.45) is 0 Å². The Hall–Kier alpha value is -1.10. The second kappa shape index (κ2) is 8.25. The molecular weight excluding hydrogens is 256 g/mol. The number of rotatable bonds is 8. The van der Waals surface area contributed by atoms with Crippen LogP contribution in [-0.2, 0) is 15.9 Å². The van der Waals surface area contributed by atoms with Gasteiger partial charge in [-0.15, -0.1) is 0 Å². The summed E-state index contributed by atoms with van der Waals surface area (Å²) in [6.45, 7) is 2.56. The lowest BCUT2D eigenvalue weighted by Crippen LogP contribution is -2.10. The first kappa shape index (κ1) is 15.3. The summed E-state index contributed by atoms with van der Waals surface area (Å²) in [6, 6.07) is 6.04. The Morgan fingerprint density at radius 3 is 2.95 bits per heavy atom. The van der Waals surface area contributed by atoms with Crippen molar-refractivity contribution in [2.75, 3.05) is 33.5 Å². The zero-order valence-electron chi connectivity index (χ0n) is 12.1. The van der Waals surface area contributed by atoms with Crippen LogP contribution in [0.3, 0.4) is 0 Å². The summed E-state index contributed by atoms with van der Waals surface area (Å²) in [7, 11) is 1.66. The molecule has 2 rings (SSSR count). The smallest absolute Gasteiger partial charge is 0.119 e. The number of aliphatic hydroxyl groups is 1. The van der Waals surface area contributed by atoms with Gasteiger partial charge in [0, 0.05) is 20.1 Å². The number of methoxy groups -OCH3 is 1. The van der Waals surface area contributed by atoms with Crippen molar-refractivity contribution in [2.45, 2.75) is 31.8 Å². The Bertz CT molecular complexity index is 405. The SMILES string of the molecule is COCCOCCCOc1ccc2c(c1)[C@H](O)CCC2. The number of ether oxygens (including phenoxy) is 3. The second-order valence-corrected chi connectivity index (χ2v) is 5.08. The molecule has 0 fully saturated rings. The van der Waals surface area contributed by atoms with E-state index in [2.05, 4.69) is 6.07 Å². The molecule has 1 aromatic rings. The highest BCUT2D eigenvalue weighted by Gasteiger charge is 2.18. The van der Waals surface area contributed by atoms with Crippen LogP contribution in [0.15, 0.2) is 18.2 Å². The molecule has 0 aromatic heterocycles. The van der Waals surface area contributed by atoms with Crippen LogP contribution in [0.2, 0.25) is 0 Å². The molecule has 112 valence electrons. The molecule has 0 saturated heterocycles. The first-order chi connectivity index (χ1) is 9.81. The van der Waals surface area contributed by atoms with Crippen molar-refractivity contribution < 1.29 is 19.3 Å². The number of fused-ring (bicyclic) bond motifs is 1. The molecule has 4 nitrogen and oxygen atoms in total. The molecule has 1 aliphatic carbocycles. The fourth-order valence-electron chi connectivity index (χ4n) is 2.44. The van der Waals surface area contributed by atoms with Gasteiger partial charge < -0.3 is 19.3 Å². The topological polar surface area (TPSA) is 47.9 Å². The van der Waals surface area contributed by atoms with Crippen LogP contribution in [0, 0.1) is 0 Å². The van der Waals surface area contributed by atoms with E-state index in [0.29, 0.717) is 26.4 Å². The molecule has 4 heteroatoms. The molecule has 0 amide bonds. The van der Waals surface area contributed by atoms with Crippen molar-refractivity contribution in [3.05, 3.63) is 29.3 Å². The van der Waals surface area contributed by atoms with Gasteiger partial charge in [0.15, 0.2) is 0 Å². The quantitative estimate of drug-likeness (QED) is 0.743. The number of benzene rings is 1. The summed E-state index contributed by atoms with van der Waals surface area (Å²) >= 11 is 0. The molecule has 1 N–H and O–H groups in total. The van der Waals surface area contributed by atoms with E-state index in [1.165, 1.54) is 5.56 Å². The van der Waals surface area contributed by atoms with E-state index >= 15 is 0 Å². The molecule has 0 radical (unpaired) electrons. The van der Waals surface area contributed by atoms with E-state index < -0.39 is 0 Å². The largest absolute Gasteiger partial charge is 0.493 e. The van der Waals surface area contributed by atoms with Crippen LogP contribution in [0.5, 0.6) is 5.75 Å². The third-order valence-electron chi connectivity index (χ3n) is 3.53. The lowest BCUT2D eigenvalue weighted by molar-refractivity contribution is 0.0644. The van der Waals surface area contributed by atoms with Gasteiger partial charge in [0.1, 0.15) is 5.75 Å². The maximum absolute atomic E-state index is 9.99. The normalized spacial score (nSPS) is 17.8. The van der Waals surface area contributed by atoms with E-state index in [0.717, 1.165) is 37.0 Å². The van der Waals surface area contributed by atoms with E-state index in [1.807, 2.05) is 12.1 Å². The number of aliphatic hydroxyl groups excluding tert-OH is 1. The number of hydrogen-bond donors (Lipinski definition) is 1. The molecule has 0 bridgehead atoms. The van der Waals surface area contributed by atoms with Crippen LogP contribution in [0.1, 0.15) is 36.5 Å². The molecule has 20 heavy (non-hydrogen) atoms. The van der Waals surface area contributed by atoms with Gasteiger partial charge in [0.2, 0.25) is 0 Å². The summed E-state index contributed by atoms with van der Waals surface area (Å²) in [5, 5.41) is 9.99. The second-order valence-electron chi connectivity index (χ2n) is 5.08. The monoisotopic (exact) mass is 280 g/mol. The molecule has 0 heterocycles. The third kappa shape index (κ3) is 4.47. The van der Waals surface area contributed by atoms with E-state index in [-0.39, 0.29) is 6.10 Å². The standard InChI is InChI=1S/C16H24O4/c1-18-10-11-19-8-3-9-20-14-7-6-13-4-2-5-16(17)15(13)12-14/h6-7,12,16-17H,2-5,8-11H2,1H3/t16-/m1/s1. The molecule has 0 aliphatic heterocycles. The highest BCUT2D eigenvalue weighted by atomic mass is 16.5. The average molecular weight is 280 g/mol. The predicted molar refractivity (Wildman–Crippen MR) is 77.1 cm³/mol. The highest BCUT2D eigenvalue weighted by molar-refractivity contribution is 5.38. The minimum absolute atomic E-state index is 0.334. The van der Waals surface area contributed by atoms with Crippen molar-refractivity contribution in [1.82, 2.24) is 0 Å².